The Morgan fingerprint density at radius 3 is 2.59 bits per heavy atom. The fourth-order valence-corrected chi connectivity index (χ4v) is 3.89. The first-order valence-corrected chi connectivity index (χ1v) is 10.3. The summed E-state index contributed by atoms with van der Waals surface area (Å²) in [6.45, 7) is 2.17. The zero-order valence-corrected chi connectivity index (χ0v) is 17.4. The Bertz CT molecular complexity index is 1280. The van der Waals surface area contributed by atoms with E-state index in [0.29, 0.717) is 29.2 Å². The van der Waals surface area contributed by atoms with E-state index in [1.54, 1.807) is 34.8 Å². The van der Waals surface area contributed by atoms with Crippen molar-refractivity contribution in [2.75, 3.05) is 11.4 Å². The quantitative estimate of drug-likeness (QED) is 0.528. The van der Waals surface area contributed by atoms with Crippen LogP contribution in [0, 0.1) is 6.92 Å². The molecule has 1 aliphatic rings. The van der Waals surface area contributed by atoms with Crippen molar-refractivity contribution in [2.24, 2.45) is 0 Å². The first-order valence-electron chi connectivity index (χ1n) is 10.3. The SMILES string of the molecule is Cc1nn2cccnc2c1C(=O)NC1CC(=O)N(c2ccc(Oc3ccccc3)cc2)C1. The smallest absolute Gasteiger partial charge is 0.257 e. The number of aryl methyl sites for hydroxylation is 1. The predicted octanol–water partition coefficient (Wildman–Crippen LogP) is 3.37. The molecule has 3 heterocycles. The van der Waals surface area contributed by atoms with Crippen molar-refractivity contribution in [3.63, 3.8) is 0 Å². The molecule has 1 fully saturated rings. The minimum Gasteiger partial charge on any atom is -0.457 e. The molecule has 4 aromatic rings. The van der Waals surface area contributed by atoms with Gasteiger partial charge >= 0.3 is 0 Å². The number of para-hydroxylation sites is 1. The predicted molar refractivity (Wildman–Crippen MR) is 119 cm³/mol. The number of amides is 2. The lowest BCUT2D eigenvalue weighted by Crippen LogP contribution is -2.37. The fraction of sp³-hybridized carbons (Fsp3) is 0.167. The monoisotopic (exact) mass is 427 g/mol. The largest absolute Gasteiger partial charge is 0.457 e. The summed E-state index contributed by atoms with van der Waals surface area (Å²) in [6.07, 6.45) is 3.61. The second kappa shape index (κ2) is 8.14. The summed E-state index contributed by atoms with van der Waals surface area (Å²) in [4.78, 5) is 31.5. The zero-order chi connectivity index (χ0) is 22.1. The van der Waals surface area contributed by atoms with Crippen molar-refractivity contribution < 1.29 is 14.3 Å². The average Bonchev–Trinajstić information content (AvgIpc) is 3.33. The molecule has 2 amide bonds. The number of hydrogen-bond donors (Lipinski definition) is 1. The molecule has 1 aliphatic heterocycles. The van der Waals surface area contributed by atoms with Crippen LogP contribution in [0.2, 0.25) is 0 Å². The van der Waals surface area contributed by atoms with E-state index in [0.717, 1.165) is 11.4 Å². The van der Waals surface area contributed by atoms with Crippen molar-refractivity contribution in [2.45, 2.75) is 19.4 Å². The fourth-order valence-electron chi connectivity index (χ4n) is 3.89. The summed E-state index contributed by atoms with van der Waals surface area (Å²) >= 11 is 0. The van der Waals surface area contributed by atoms with Crippen LogP contribution >= 0.6 is 0 Å². The van der Waals surface area contributed by atoms with Gasteiger partial charge < -0.3 is 15.0 Å². The van der Waals surface area contributed by atoms with E-state index in [1.165, 1.54) is 0 Å². The van der Waals surface area contributed by atoms with Crippen LogP contribution in [0.3, 0.4) is 0 Å². The van der Waals surface area contributed by atoms with Gasteiger partial charge in [0.05, 0.1) is 11.7 Å². The maximum Gasteiger partial charge on any atom is 0.257 e. The normalized spacial score (nSPS) is 15.8. The summed E-state index contributed by atoms with van der Waals surface area (Å²) in [7, 11) is 0. The molecule has 1 atom stereocenters. The van der Waals surface area contributed by atoms with Crippen molar-refractivity contribution in [1.82, 2.24) is 19.9 Å². The molecule has 5 rings (SSSR count). The average molecular weight is 427 g/mol. The van der Waals surface area contributed by atoms with Crippen LogP contribution in [0.25, 0.3) is 5.65 Å². The molecule has 32 heavy (non-hydrogen) atoms. The van der Waals surface area contributed by atoms with Gasteiger partial charge in [-0.05, 0) is 49.4 Å². The van der Waals surface area contributed by atoms with Crippen LogP contribution in [-0.2, 0) is 4.79 Å². The third-order valence-corrected chi connectivity index (χ3v) is 5.38. The number of aromatic nitrogens is 3. The molecule has 0 spiro atoms. The molecule has 0 aliphatic carbocycles. The lowest BCUT2D eigenvalue weighted by molar-refractivity contribution is -0.117. The highest BCUT2D eigenvalue weighted by Crippen LogP contribution is 2.27. The Hall–Kier alpha value is -4.20. The molecule has 0 saturated carbocycles. The lowest BCUT2D eigenvalue weighted by atomic mass is 10.2. The molecule has 160 valence electrons. The maximum atomic E-state index is 12.9. The van der Waals surface area contributed by atoms with Crippen molar-refractivity contribution >= 4 is 23.1 Å². The topological polar surface area (TPSA) is 88.8 Å². The van der Waals surface area contributed by atoms with E-state index < -0.39 is 0 Å². The molecule has 1 unspecified atom stereocenters. The zero-order valence-electron chi connectivity index (χ0n) is 17.4. The molecule has 8 heteroatoms. The Kier molecular flexibility index (Phi) is 5.03. The van der Waals surface area contributed by atoms with E-state index in [2.05, 4.69) is 15.4 Å². The third kappa shape index (κ3) is 3.78. The highest BCUT2D eigenvalue weighted by atomic mass is 16.5. The van der Waals surface area contributed by atoms with Crippen LogP contribution in [0.15, 0.2) is 73.1 Å². The number of anilines is 1. The van der Waals surface area contributed by atoms with E-state index in [4.69, 9.17) is 4.74 Å². The second-order valence-electron chi connectivity index (χ2n) is 7.64. The van der Waals surface area contributed by atoms with Crippen LogP contribution < -0.4 is 15.0 Å². The second-order valence-corrected chi connectivity index (χ2v) is 7.64. The highest BCUT2D eigenvalue weighted by Gasteiger charge is 2.32. The van der Waals surface area contributed by atoms with Gasteiger partial charge in [-0.1, -0.05) is 18.2 Å². The number of rotatable bonds is 5. The van der Waals surface area contributed by atoms with Gasteiger partial charge in [-0.25, -0.2) is 9.50 Å². The maximum absolute atomic E-state index is 12.9. The van der Waals surface area contributed by atoms with Crippen molar-refractivity contribution in [3.8, 4) is 11.5 Å². The first-order chi connectivity index (χ1) is 15.6. The highest BCUT2D eigenvalue weighted by molar-refractivity contribution is 6.02. The van der Waals surface area contributed by atoms with Gasteiger partial charge in [0, 0.05) is 31.0 Å². The summed E-state index contributed by atoms with van der Waals surface area (Å²) < 4.78 is 7.39. The lowest BCUT2D eigenvalue weighted by Gasteiger charge is -2.18. The molecule has 1 N–H and O–H groups in total. The number of nitrogens with one attached hydrogen (secondary N) is 1. The summed E-state index contributed by atoms with van der Waals surface area (Å²) in [5, 5.41) is 7.30. The molecule has 0 radical (unpaired) electrons. The van der Waals surface area contributed by atoms with Crippen LogP contribution in [0.1, 0.15) is 22.5 Å². The van der Waals surface area contributed by atoms with E-state index >= 15 is 0 Å². The number of ether oxygens (including phenoxy) is 1. The van der Waals surface area contributed by atoms with Gasteiger partial charge in [0.15, 0.2) is 5.65 Å². The molecule has 1 saturated heterocycles. The minimum atomic E-state index is -0.298. The summed E-state index contributed by atoms with van der Waals surface area (Å²) in [5.74, 6) is 1.12. The number of carbonyl (C=O) groups excluding carboxylic acids is 2. The Morgan fingerprint density at radius 2 is 1.81 bits per heavy atom. The van der Waals surface area contributed by atoms with Gasteiger partial charge in [-0.2, -0.15) is 5.10 Å². The number of nitrogens with zero attached hydrogens (tertiary/aromatic N) is 4. The number of benzene rings is 2. The van der Waals surface area contributed by atoms with Gasteiger partial charge in [0.1, 0.15) is 17.1 Å². The van der Waals surface area contributed by atoms with Crippen LogP contribution in [0.4, 0.5) is 5.69 Å². The molecular formula is C24H21N5O3. The minimum absolute atomic E-state index is 0.0401. The van der Waals surface area contributed by atoms with Crippen molar-refractivity contribution in [3.05, 3.63) is 84.3 Å². The van der Waals surface area contributed by atoms with E-state index in [1.807, 2.05) is 54.6 Å². The van der Waals surface area contributed by atoms with Crippen LogP contribution in [0.5, 0.6) is 11.5 Å². The number of fused-ring (bicyclic) bond motifs is 1. The van der Waals surface area contributed by atoms with Crippen molar-refractivity contribution in [1.29, 1.82) is 0 Å². The third-order valence-electron chi connectivity index (χ3n) is 5.38. The van der Waals surface area contributed by atoms with Gasteiger partial charge in [0.25, 0.3) is 5.91 Å². The van der Waals surface area contributed by atoms with Gasteiger partial charge in [0.2, 0.25) is 5.91 Å². The molecule has 8 nitrogen and oxygen atoms in total. The standard InChI is InChI=1S/C24H21N5O3/c1-16-22(23-25-12-5-13-29(23)27-16)24(31)26-17-14-21(30)28(15-17)18-8-10-20(11-9-18)32-19-6-3-2-4-7-19/h2-13,17H,14-15H2,1H3,(H,26,31). The molecule has 2 aromatic heterocycles. The Morgan fingerprint density at radius 1 is 1.06 bits per heavy atom. The number of hydrogen-bond acceptors (Lipinski definition) is 5. The number of carbonyl (C=O) groups is 2. The van der Waals surface area contributed by atoms with Crippen LogP contribution in [-0.4, -0.2) is 39.0 Å². The summed E-state index contributed by atoms with van der Waals surface area (Å²) in [5.41, 5.74) is 2.29. The van der Waals surface area contributed by atoms with Gasteiger partial charge in [-0.3, -0.25) is 9.59 Å². The Balaban J connectivity index is 1.27. The summed E-state index contributed by atoms with van der Waals surface area (Å²) in [6, 6.07) is 18.3. The van der Waals surface area contributed by atoms with E-state index in [9.17, 15) is 9.59 Å². The van der Waals surface area contributed by atoms with E-state index in [-0.39, 0.29) is 24.3 Å². The molecule has 2 aromatic carbocycles. The molecular weight excluding hydrogens is 406 g/mol. The first kappa shape index (κ1) is 19.7. The Labute approximate surface area is 184 Å². The molecule has 0 bridgehead atoms. The van der Waals surface area contributed by atoms with Gasteiger partial charge in [-0.15, -0.1) is 0 Å².